The molecule has 0 radical (unpaired) electrons. The molecule has 0 amide bonds. The Kier molecular flexibility index (Phi) is 5.54. The third-order valence-corrected chi connectivity index (χ3v) is 3.87. The number of carbonyl (C=O) groups is 1. The molecule has 0 spiro atoms. The van der Waals surface area contributed by atoms with E-state index < -0.39 is 46.2 Å². The minimum atomic E-state index is -2.30. The third-order valence-electron chi connectivity index (χ3n) is 3.87. The van der Waals surface area contributed by atoms with Gasteiger partial charge in [0.25, 0.3) is 0 Å². The maximum absolute atomic E-state index is 13.5. The van der Waals surface area contributed by atoms with Gasteiger partial charge >= 0.3 is 5.97 Å². The molecular weight excluding hydrogens is 307 g/mol. The predicted octanol–water partition coefficient (Wildman–Crippen LogP) is 4.75. The molecule has 0 saturated carbocycles. The first-order chi connectivity index (χ1) is 10.1. The average Bonchev–Trinajstić information content (AvgIpc) is 2.47. The molecule has 124 valence electrons. The van der Waals surface area contributed by atoms with Gasteiger partial charge in [-0.15, -0.1) is 0 Å². The molecular formula is C15H17F5O2. The van der Waals surface area contributed by atoms with E-state index in [2.05, 4.69) is 4.74 Å². The first-order valence-electron chi connectivity index (χ1n) is 6.81. The van der Waals surface area contributed by atoms with Crippen LogP contribution in [-0.4, -0.2) is 5.97 Å². The first-order valence-corrected chi connectivity index (χ1v) is 6.81. The fourth-order valence-corrected chi connectivity index (χ4v) is 2.03. The molecule has 22 heavy (non-hydrogen) atoms. The van der Waals surface area contributed by atoms with Crippen molar-refractivity contribution in [2.45, 2.75) is 40.5 Å². The number of carbonyl (C=O) groups excluding carboxylic acids is 1. The summed E-state index contributed by atoms with van der Waals surface area (Å²) in [5.74, 6) is -13.8. The predicted molar refractivity (Wildman–Crippen MR) is 69.7 cm³/mol. The largest absolute Gasteiger partial charge is 0.420 e. The summed E-state index contributed by atoms with van der Waals surface area (Å²) >= 11 is 0. The van der Waals surface area contributed by atoms with Crippen LogP contribution in [0.3, 0.4) is 0 Å². The number of halogens is 5. The minimum Gasteiger partial charge on any atom is -0.420 e. The topological polar surface area (TPSA) is 26.3 Å². The highest BCUT2D eigenvalue weighted by atomic mass is 19.2. The minimum absolute atomic E-state index is 0.249. The van der Waals surface area contributed by atoms with Crippen molar-refractivity contribution >= 4 is 5.97 Å². The molecule has 1 aromatic rings. The van der Waals surface area contributed by atoms with E-state index in [9.17, 15) is 26.7 Å². The average molecular weight is 324 g/mol. The molecule has 0 bridgehead atoms. The van der Waals surface area contributed by atoms with Gasteiger partial charge in [0.15, 0.2) is 0 Å². The van der Waals surface area contributed by atoms with Crippen molar-refractivity contribution in [2.24, 2.45) is 11.3 Å². The Labute approximate surface area is 125 Å². The van der Waals surface area contributed by atoms with Gasteiger partial charge in [0, 0.05) is 0 Å². The molecule has 1 atom stereocenters. The van der Waals surface area contributed by atoms with Gasteiger partial charge in [0.1, 0.15) is 0 Å². The molecule has 0 saturated heterocycles. The number of rotatable bonds is 5. The van der Waals surface area contributed by atoms with Crippen molar-refractivity contribution in [2.75, 3.05) is 0 Å². The Hall–Kier alpha value is -1.66. The van der Waals surface area contributed by atoms with Gasteiger partial charge < -0.3 is 4.74 Å². The molecule has 2 nitrogen and oxygen atoms in total. The Morgan fingerprint density at radius 3 is 1.77 bits per heavy atom. The lowest BCUT2D eigenvalue weighted by atomic mass is 9.75. The van der Waals surface area contributed by atoms with Gasteiger partial charge in [-0.1, -0.05) is 27.2 Å². The molecule has 1 unspecified atom stereocenters. The van der Waals surface area contributed by atoms with Crippen LogP contribution in [0.25, 0.3) is 0 Å². The van der Waals surface area contributed by atoms with Crippen molar-refractivity contribution in [1.82, 2.24) is 0 Å². The third kappa shape index (κ3) is 3.08. The van der Waals surface area contributed by atoms with E-state index in [-0.39, 0.29) is 5.92 Å². The lowest BCUT2D eigenvalue weighted by molar-refractivity contribution is -0.148. The molecule has 0 aromatic heterocycles. The summed E-state index contributed by atoms with van der Waals surface area (Å²) in [5, 5.41) is 0. The molecule has 0 N–H and O–H groups in total. The number of benzene rings is 1. The van der Waals surface area contributed by atoms with Crippen LogP contribution in [0.4, 0.5) is 22.0 Å². The molecule has 0 heterocycles. The van der Waals surface area contributed by atoms with Crippen LogP contribution in [0.1, 0.15) is 40.5 Å². The van der Waals surface area contributed by atoms with E-state index in [1.165, 1.54) is 6.92 Å². The molecule has 0 aliphatic heterocycles. The SMILES string of the molecule is CCCC(C)(C(=O)Oc1c(F)c(F)c(F)c(F)c1F)C(C)C. The Balaban J connectivity index is 3.28. The summed E-state index contributed by atoms with van der Waals surface area (Å²) in [6.07, 6.45) is 0.930. The summed E-state index contributed by atoms with van der Waals surface area (Å²) in [6, 6.07) is 0. The highest BCUT2D eigenvalue weighted by molar-refractivity contribution is 5.79. The summed E-state index contributed by atoms with van der Waals surface area (Å²) in [5.41, 5.74) is -1.10. The second-order valence-corrected chi connectivity index (χ2v) is 5.61. The van der Waals surface area contributed by atoms with E-state index >= 15 is 0 Å². The monoisotopic (exact) mass is 324 g/mol. The summed E-state index contributed by atoms with van der Waals surface area (Å²) in [6.45, 7) is 6.73. The summed E-state index contributed by atoms with van der Waals surface area (Å²) in [7, 11) is 0. The van der Waals surface area contributed by atoms with Crippen LogP contribution in [0.15, 0.2) is 0 Å². The number of ether oxygens (including phenoxy) is 1. The van der Waals surface area contributed by atoms with Crippen LogP contribution in [0.5, 0.6) is 5.75 Å². The Morgan fingerprint density at radius 2 is 1.41 bits per heavy atom. The zero-order valence-electron chi connectivity index (χ0n) is 12.7. The number of hydrogen-bond donors (Lipinski definition) is 0. The fraction of sp³-hybridized carbons (Fsp3) is 0.533. The second kappa shape index (κ2) is 6.62. The second-order valence-electron chi connectivity index (χ2n) is 5.61. The van der Waals surface area contributed by atoms with E-state index in [0.29, 0.717) is 12.8 Å². The van der Waals surface area contributed by atoms with Crippen LogP contribution < -0.4 is 4.74 Å². The van der Waals surface area contributed by atoms with Gasteiger partial charge in [0.05, 0.1) is 5.41 Å². The number of esters is 1. The summed E-state index contributed by atoms with van der Waals surface area (Å²) in [4.78, 5) is 12.2. The van der Waals surface area contributed by atoms with Gasteiger partial charge in [-0.3, -0.25) is 4.79 Å². The quantitative estimate of drug-likeness (QED) is 0.257. The van der Waals surface area contributed by atoms with Crippen LogP contribution in [-0.2, 0) is 4.79 Å². The van der Waals surface area contributed by atoms with Crippen molar-refractivity contribution in [3.63, 3.8) is 0 Å². The molecule has 0 aliphatic rings. The molecule has 0 aliphatic carbocycles. The van der Waals surface area contributed by atoms with E-state index in [0.717, 1.165) is 0 Å². The van der Waals surface area contributed by atoms with Crippen LogP contribution in [0, 0.1) is 40.4 Å². The first kappa shape index (κ1) is 18.4. The number of hydrogen-bond acceptors (Lipinski definition) is 2. The van der Waals surface area contributed by atoms with E-state index in [4.69, 9.17) is 0 Å². The zero-order chi connectivity index (χ0) is 17.2. The van der Waals surface area contributed by atoms with Gasteiger partial charge in [-0.25, -0.2) is 13.2 Å². The van der Waals surface area contributed by atoms with Crippen LogP contribution in [0.2, 0.25) is 0 Å². The maximum Gasteiger partial charge on any atom is 0.317 e. The van der Waals surface area contributed by atoms with Gasteiger partial charge in [-0.05, 0) is 19.3 Å². The Morgan fingerprint density at radius 1 is 1.00 bits per heavy atom. The van der Waals surface area contributed by atoms with Gasteiger partial charge in [-0.2, -0.15) is 8.78 Å². The molecule has 0 fully saturated rings. The Bertz CT molecular complexity index is 557. The van der Waals surface area contributed by atoms with Crippen LogP contribution >= 0.6 is 0 Å². The lowest BCUT2D eigenvalue weighted by Crippen LogP contribution is -2.37. The summed E-state index contributed by atoms with van der Waals surface area (Å²) < 4.78 is 70.8. The van der Waals surface area contributed by atoms with Crippen molar-refractivity contribution in [1.29, 1.82) is 0 Å². The smallest absolute Gasteiger partial charge is 0.317 e. The van der Waals surface area contributed by atoms with Crippen molar-refractivity contribution in [3.05, 3.63) is 29.1 Å². The normalized spacial score (nSPS) is 14.1. The van der Waals surface area contributed by atoms with E-state index in [1.54, 1.807) is 20.8 Å². The molecule has 7 heteroatoms. The molecule has 1 aromatic carbocycles. The lowest BCUT2D eigenvalue weighted by Gasteiger charge is -2.30. The maximum atomic E-state index is 13.5. The fourth-order valence-electron chi connectivity index (χ4n) is 2.03. The van der Waals surface area contributed by atoms with Crippen molar-refractivity contribution < 1.29 is 31.5 Å². The highest BCUT2D eigenvalue weighted by Gasteiger charge is 2.39. The van der Waals surface area contributed by atoms with Crippen molar-refractivity contribution in [3.8, 4) is 5.75 Å². The highest BCUT2D eigenvalue weighted by Crippen LogP contribution is 2.36. The zero-order valence-corrected chi connectivity index (χ0v) is 12.7. The standard InChI is InChI=1S/C15H17F5O2/c1-5-6-15(4,7(2)3)14(21)22-13-11(19)9(17)8(16)10(18)12(13)20/h7H,5-6H2,1-4H3. The molecule has 1 rings (SSSR count). The van der Waals surface area contributed by atoms with Gasteiger partial charge in [0.2, 0.25) is 34.8 Å². The van der Waals surface area contributed by atoms with E-state index in [1.807, 2.05) is 0 Å².